The maximum Gasteiger partial charge on any atom is 0.231 e. The van der Waals surface area contributed by atoms with E-state index >= 15 is 0 Å². The lowest BCUT2D eigenvalue weighted by molar-refractivity contribution is 0.0982. The molecule has 0 spiro atoms. The third kappa shape index (κ3) is 5.38. The number of rotatable bonds is 7. The van der Waals surface area contributed by atoms with Gasteiger partial charge < -0.3 is 25.4 Å². The summed E-state index contributed by atoms with van der Waals surface area (Å²) in [6.07, 6.45) is 7.46. The number of aromatic nitrogens is 5. The molecular formula is C30H33N10OP. The fourth-order valence-electron chi connectivity index (χ4n) is 6.00. The second-order valence-electron chi connectivity index (χ2n) is 11.0. The van der Waals surface area contributed by atoms with Crippen LogP contribution in [0.15, 0.2) is 61.1 Å². The summed E-state index contributed by atoms with van der Waals surface area (Å²) in [5, 5.41) is 8.06. The number of hydrogen-bond donors (Lipinski definition) is 3. The molecule has 2 aliphatic heterocycles. The van der Waals surface area contributed by atoms with Gasteiger partial charge in [0.25, 0.3) is 0 Å². The summed E-state index contributed by atoms with van der Waals surface area (Å²) in [5.41, 5.74) is 4.75. The van der Waals surface area contributed by atoms with Crippen molar-refractivity contribution in [1.29, 1.82) is 0 Å². The van der Waals surface area contributed by atoms with E-state index in [1.165, 1.54) is 44.7 Å². The van der Waals surface area contributed by atoms with Crippen molar-refractivity contribution in [3.05, 3.63) is 61.1 Å². The molecule has 0 bridgehead atoms. The average Bonchev–Trinajstić information content (AvgIpc) is 3.51. The van der Waals surface area contributed by atoms with Crippen molar-refractivity contribution < 1.29 is 4.57 Å². The van der Waals surface area contributed by atoms with E-state index in [0.717, 1.165) is 24.2 Å². The lowest BCUT2D eigenvalue weighted by Gasteiger charge is -2.42. The Morgan fingerprint density at radius 2 is 1.67 bits per heavy atom. The zero-order chi connectivity index (χ0) is 28.5. The third-order valence-corrected chi connectivity index (χ3v) is 9.02. The Labute approximate surface area is 245 Å². The van der Waals surface area contributed by atoms with Crippen LogP contribution in [0.1, 0.15) is 12.8 Å². The van der Waals surface area contributed by atoms with Gasteiger partial charge in [-0.2, -0.15) is 9.97 Å². The first-order valence-corrected chi connectivity index (χ1v) is 15.2. The molecule has 42 heavy (non-hydrogen) atoms. The van der Waals surface area contributed by atoms with Gasteiger partial charge in [0.15, 0.2) is 8.46 Å². The van der Waals surface area contributed by atoms with Crippen LogP contribution in [0, 0.1) is 0 Å². The SMILES string of the molecule is CN1CCN(C2CCN(c3ccc(Nc4nc(Nc5ccc6nccnc6c5P=O)c5cc[nH]c5n4)cc3)CC2)CC1. The highest BCUT2D eigenvalue weighted by Crippen LogP contribution is 2.29. The van der Waals surface area contributed by atoms with Crippen molar-refractivity contribution >= 4 is 64.7 Å². The number of H-pyrrole nitrogens is 1. The lowest BCUT2D eigenvalue weighted by atomic mass is 10.0. The Bertz CT molecular complexity index is 1710. The van der Waals surface area contributed by atoms with Crippen molar-refractivity contribution in [2.45, 2.75) is 18.9 Å². The number of fused-ring (bicyclic) bond motifs is 2. The Morgan fingerprint density at radius 3 is 2.45 bits per heavy atom. The van der Waals surface area contributed by atoms with Crippen LogP contribution in [0.2, 0.25) is 0 Å². The summed E-state index contributed by atoms with van der Waals surface area (Å²) in [7, 11) is 2.06. The number of likely N-dealkylation sites (N-methyl/N-ethyl adjacent to an activating group) is 1. The van der Waals surface area contributed by atoms with Crippen LogP contribution in [0.4, 0.5) is 28.8 Å². The molecule has 2 saturated heterocycles. The molecule has 7 rings (SSSR count). The predicted molar refractivity (Wildman–Crippen MR) is 168 cm³/mol. The summed E-state index contributed by atoms with van der Waals surface area (Å²) in [6, 6.07) is 14.8. The van der Waals surface area contributed by atoms with Crippen LogP contribution in [0.3, 0.4) is 0 Å². The fourth-order valence-corrected chi connectivity index (χ4v) is 6.48. The second kappa shape index (κ2) is 11.6. The number of aromatic amines is 1. The summed E-state index contributed by atoms with van der Waals surface area (Å²) >= 11 is 0. The number of hydrogen-bond acceptors (Lipinski definition) is 10. The van der Waals surface area contributed by atoms with E-state index in [9.17, 15) is 4.57 Å². The second-order valence-corrected chi connectivity index (χ2v) is 11.6. The number of nitrogens with zero attached hydrogens (tertiary/aromatic N) is 7. The van der Waals surface area contributed by atoms with Gasteiger partial charge in [-0.1, -0.05) is 0 Å². The highest BCUT2D eigenvalue weighted by molar-refractivity contribution is 7.35. The molecule has 2 fully saturated rings. The minimum atomic E-state index is -0.154. The molecule has 0 saturated carbocycles. The van der Waals surface area contributed by atoms with Gasteiger partial charge in [-0.25, -0.2) is 0 Å². The van der Waals surface area contributed by atoms with Crippen LogP contribution in [0.25, 0.3) is 22.1 Å². The smallest absolute Gasteiger partial charge is 0.231 e. The van der Waals surface area contributed by atoms with E-state index in [-0.39, 0.29) is 8.46 Å². The number of piperidine rings is 1. The van der Waals surface area contributed by atoms with Crippen molar-refractivity contribution in [1.82, 2.24) is 34.7 Å². The van der Waals surface area contributed by atoms with Gasteiger partial charge in [0.2, 0.25) is 5.95 Å². The maximum absolute atomic E-state index is 12.1. The van der Waals surface area contributed by atoms with Crippen molar-refractivity contribution in [3.63, 3.8) is 0 Å². The fraction of sp³-hybridized carbons (Fsp3) is 0.333. The number of nitrogens with one attached hydrogen (secondary N) is 3. The van der Waals surface area contributed by atoms with Crippen LogP contribution in [-0.2, 0) is 4.57 Å². The largest absolute Gasteiger partial charge is 0.371 e. The van der Waals surface area contributed by atoms with Gasteiger partial charge >= 0.3 is 0 Å². The Morgan fingerprint density at radius 1 is 0.881 bits per heavy atom. The van der Waals surface area contributed by atoms with E-state index in [2.05, 4.69) is 76.6 Å². The normalized spacial score (nSPS) is 17.3. The first-order chi connectivity index (χ1) is 20.6. The Hall–Kier alpha value is -4.18. The van der Waals surface area contributed by atoms with Gasteiger partial charge in [-0.15, -0.1) is 0 Å². The van der Waals surface area contributed by atoms with Gasteiger partial charge in [0.05, 0.1) is 21.9 Å². The topological polar surface area (TPSA) is 118 Å². The maximum atomic E-state index is 12.1. The molecule has 0 atom stereocenters. The molecule has 3 aromatic heterocycles. The molecule has 214 valence electrons. The van der Waals surface area contributed by atoms with E-state index in [0.29, 0.717) is 45.5 Å². The Balaban J connectivity index is 1.06. The third-order valence-electron chi connectivity index (χ3n) is 8.38. The first kappa shape index (κ1) is 26.7. The van der Waals surface area contributed by atoms with Gasteiger partial charge in [0, 0.05) is 75.3 Å². The molecule has 5 heterocycles. The Kier molecular flexibility index (Phi) is 7.37. The van der Waals surface area contributed by atoms with Crippen molar-refractivity contribution in [2.24, 2.45) is 0 Å². The van der Waals surface area contributed by atoms with E-state index in [1.807, 2.05) is 24.4 Å². The summed E-state index contributed by atoms with van der Waals surface area (Å²) < 4.78 is 12.1. The molecule has 3 N–H and O–H groups in total. The monoisotopic (exact) mass is 580 g/mol. The predicted octanol–water partition coefficient (Wildman–Crippen LogP) is 4.52. The zero-order valence-electron chi connectivity index (χ0n) is 23.5. The molecule has 0 unspecified atom stereocenters. The van der Waals surface area contributed by atoms with E-state index in [4.69, 9.17) is 4.98 Å². The number of anilines is 5. The molecule has 11 nitrogen and oxygen atoms in total. The van der Waals surface area contributed by atoms with E-state index < -0.39 is 0 Å². The minimum Gasteiger partial charge on any atom is -0.371 e. The van der Waals surface area contributed by atoms with Crippen LogP contribution < -0.4 is 20.8 Å². The standard InChI is InChI=1S/C30H33N10OP/c1-38-16-18-40(19-17-38)22-9-14-39(15-10-22)21-4-2-20(3-5-21)34-30-36-28-23(8-11-33-28)29(37-30)35-25-7-6-24-26(27(25)42-41)32-13-12-31-24/h2-8,11-13,22H,9-10,14-19H2,1H3,(H3,33,34,35,36,37). The van der Waals surface area contributed by atoms with Crippen LogP contribution >= 0.6 is 8.46 Å². The summed E-state index contributed by atoms with van der Waals surface area (Å²) in [5.74, 6) is 1.05. The lowest BCUT2D eigenvalue weighted by Crippen LogP contribution is -2.52. The highest BCUT2D eigenvalue weighted by Gasteiger charge is 2.26. The molecule has 0 amide bonds. The molecule has 0 radical (unpaired) electrons. The molecular weight excluding hydrogens is 547 g/mol. The highest BCUT2D eigenvalue weighted by atomic mass is 31.1. The van der Waals surface area contributed by atoms with Gasteiger partial charge in [0.1, 0.15) is 17.0 Å². The molecule has 12 heteroatoms. The average molecular weight is 581 g/mol. The molecule has 0 aliphatic carbocycles. The van der Waals surface area contributed by atoms with Crippen LogP contribution in [-0.4, -0.2) is 87.1 Å². The summed E-state index contributed by atoms with van der Waals surface area (Å²) in [4.78, 5) is 28.9. The number of piperazine rings is 1. The van der Waals surface area contributed by atoms with Crippen molar-refractivity contribution in [2.75, 3.05) is 61.8 Å². The molecule has 5 aromatic rings. The quantitative estimate of drug-likeness (QED) is 0.237. The first-order valence-electron chi connectivity index (χ1n) is 14.4. The van der Waals surface area contributed by atoms with Crippen molar-refractivity contribution in [3.8, 4) is 0 Å². The molecule has 2 aliphatic rings. The van der Waals surface area contributed by atoms with Gasteiger partial charge in [-0.05, 0) is 62.4 Å². The molecule has 2 aromatic carbocycles. The van der Waals surface area contributed by atoms with Crippen LogP contribution in [0.5, 0.6) is 0 Å². The minimum absolute atomic E-state index is 0.154. The zero-order valence-corrected chi connectivity index (χ0v) is 24.4. The number of benzene rings is 2. The summed E-state index contributed by atoms with van der Waals surface area (Å²) in [6.45, 7) is 6.88. The van der Waals surface area contributed by atoms with E-state index in [1.54, 1.807) is 12.4 Å². The van der Waals surface area contributed by atoms with Gasteiger partial charge in [-0.3, -0.25) is 19.4 Å².